The van der Waals surface area contributed by atoms with Crippen LogP contribution in [0.4, 0.5) is 4.39 Å². The van der Waals surface area contributed by atoms with E-state index in [-0.39, 0.29) is 40.1 Å². The van der Waals surface area contributed by atoms with Crippen LogP contribution in [0.1, 0.15) is 84.5 Å². The van der Waals surface area contributed by atoms with Crippen molar-refractivity contribution in [2.24, 2.45) is 11.8 Å². The van der Waals surface area contributed by atoms with Crippen LogP contribution >= 0.6 is 18.9 Å². The van der Waals surface area contributed by atoms with Crippen LogP contribution in [0.5, 0.6) is 0 Å². The van der Waals surface area contributed by atoms with Crippen molar-refractivity contribution < 1.29 is 33.1 Å². The Labute approximate surface area is 283 Å². The van der Waals surface area contributed by atoms with Gasteiger partial charge in [0, 0.05) is 29.7 Å². The number of hydrogen-bond acceptors (Lipinski definition) is 6. The summed E-state index contributed by atoms with van der Waals surface area (Å²) in [6, 6.07) is 16.2. The molecule has 48 heavy (non-hydrogen) atoms. The molecule has 3 N–H and O–H groups in total. The minimum atomic E-state index is -4.99. The number of alkyl halides is 1. The molecule has 3 aliphatic rings. The third kappa shape index (κ3) is 6.92. The average Bonchev–Trinajstić information content (AvgIpc) is 3.81. The molecule has 0 aliphatic carbocycles. The van der Waals surface area contributed by atoms with Crippen molar-refractivity contribution in [2.75, 3.05) is 13.1 Å². The Hall–Kier alpha value is -3.62. The first kappa shape index (κ1) is 34.3. The Morgan fingerprint density at radius 2 is 1.88 bits per heavy atom. The highest BCUT2D eigenvalue weighted by molar-refractivity contribution is 7.51. The van der Waals surface area contributed by atoms with Gasteiger partial charge in [-0.15, -0.1) is 11.3 Å². The molecular weight excluding hydrogens is 654 g/mol. The summed E-state index contributed by atoms with van der Waals surface area (Å²) in [6.07, 6.45) is 5.19. The number of nitriles is 1. The van der Waals surface area contributed by atoms with E-state index in [1.54, 1.807) is 9.80 Å². The maximum Gasteiger partial charge on any atom is 0.363 e. The van der Waals surface area contributed by atoms with Gasteiger partial charge in [-0.25, -0.2) is 4.39 Å². The van der Waals surface area contributed by atoms with E-state index in [0.717, 1.165) is 42.6 Å². The van der Waals surface area contributed by atoms with Crippen molar-refractivity contribution in [3.05, 3.63) is 70.6 Å². The van der Waals surface area contributed by atoms with E-state index < -0.39 is 31.5 Å². The minimum Gasteiger partial charge on any atom is -0.340 e. The molecule has 7 atom stereocenters. The molecule has 3 aliphatic heterocycles. The molecule has 10 nitrogen and oxygen atoms in total. The van der Waals surface area contributed by atoms with E-state index in [2.05, 4.69) is 18.3 Å². The number of carbonyl (C=O) groups is 3. The summed E-state index contributed by atoms with van der Waals surface area (Å²) in [7, 11) is -4.99. The fraction of sp³-hybridized carbons (Fsp3) is 0.486. The molecule has 0 spiro atoms. The molecular formula is C35H40FN4O6PS. The van der Waals surface area contributed by atoms with Gasteiger partial charge >= 0.3 is 7.60 Å². The van der Waals surface area contributed by atoms with Crippen LogP contribution in [0, 0.1) is 23.2 Å². The quantitative estimate of drug-likeness (QED) is 0.250. The van der Waals surface area contributed by atoms with Crippen LogP contribution in [-0.4, -0.2) is 68.5 Å². The topological polar surface area (TPSA) is 151 Å². The van der Waals surface area contributed by atoms with Gasteiger partial charge in [0.1, 0.15) is 12.1 Å². The molecule has 3 saturated heterocycles. The standard InChI is InChI=1S/C35H40FN4O6PS/c1-2-6-21-9-12-28(38-33(41)31-17-24-16-23(10-14-30(24)48-31)32(36)47(44,45)46)34(42)40-26(15-21)11-13-29(40)35(43)39-19-25(18-37)27(20-39)22-7-4-3-5-8-22/h3-5,7-8,10,14,16-17,21,25-29,32H,2,6,9,11-13,15,19-20H2,1H3,(H,38,41)(H2,44,45,46)/t21-,25-,26+,27+,28-,29-,32?/m0/s1. The van der Waals surface area contributed by atoms with Crippen molar-refractivity contribution in [3.8, 4) is 6.07 Å². The maximum atomic E-state index is 14.4. The second-order valence-electron chi connectivity index (χ2n) is 13.3. The first-order valence-corrected chi connectivity index (χ1v) is 19.1. The van der Waals surface area contributed by atoms with Gasteiger partial charge in [0.25, 0.3) is 5.91 Å². The predicted molar refractivity (Wildman–Crippen MR) is 180 cm³/mol. The SMILES string of the molecule is CCC[C@H]1CC[C@H](NC(=O)c2cc3cc(C(F)P(=O)(O)O)ccc3s2)C(=O)N2[C@H](CC[C@H]2C(=O)N2C[C@H](c3ccccc3)[C@@H](C#N)C2)C1. The number of benzene rings is 2. The molecule has 4 heterocycles. The second-order valence-corrected chi connectivity index (χ2v) is 16.0. The van der Waals surface area contributed by atoms with Crippen LogP contribution in [0.15, 0.2) is 54.6 Å². The molecule has 0 saturated carbocycles. The molecule has 3 fully saturated rings. The smallest absolute Gasteiger partial charge is 0.340 e. The normalized spacial score (nSPS) is 26.9. The largest absolute Gasteiger partial charge is 0.363 e. The Bertz CT molecular complexity index is 1780. The lowest BCUT2D eigenvalue weighted by atomic mass is 9.86. The van der Waals surface area contributed by atoms with Crippen LogP contribution in [0.2, 0.25) is 0 Å². The highest BCUT2D eigenvalue weighted by Gasteiger charge is 2.48. The zero-order valence-corrected chi connectivity index (χ0v) is 28.4. The van der Waals surface area contributed by atoms with E-state index in [0.29, 0.717) is 48.4 Å². The lowest BCUT2D eigenvalue weighted by Gasteiger charge is -2.38. The van der Waals surface area contributed by atoms with E-state index >= 15 is 0 Å². The highest BCUT2D eigenvalue weighted by atomic mass is 32.1. The van der Waals surface area contributed by atoms with Gasteiger partial charge in [-0.2, -0.15) is 5.26 Å². The summed E-state index contributed by atoms with van der Waals surface area (Å²) in [6.45, 7) is 2.84. The molecule has 13 heteroatoms. The number of amides is 3. The summed E-state index contributed by atoms with van der Waals surface area (Å²) in [4.78, 5) is 64.3. The van der Waals surface area contributed by atoms with Gasteiger partial charge in [0.05, 0.1) is 16.9 Å². The number of nitrogens with zero attached hydrogens (tertiary/aromatic N) is 3. The van der Waals surface area contributed by atoms with Crippen molar-refractivity contribution in [2.45, 2.75) is 81.8 Å². The summed E-state index contributed by atoms with van der Waals surface area (Å²) in [5, 5.41) is 13.3. The van der Waals surface area contributed by atoms with Gasteiger partial charge in [-0.1, -0.05) is 56.2 Å². The van der Waals surface area contributed by atoms with Crippen molar-refractivity contribution in [1.82, 2.24) is 15.1 Å². The summed E-state index contributed by atoms with van der Waals surface area (Å²) in [5.41, 5.74) is 0.836. The van der Waals surface area contributed by atoms with E-state index in [1.807, 2.05) is 30.3 Å². The number of rotatable bonds is 8. The van der Waals surface area contributed by atoms with Crippen LogP contribution in [0.3, 0.4) is 0 Å². The van der Waals surface area contributed by atoms with Gasteiger partial charge in [-0.05, 0) is 72.7 Å². The van der Waals surface area contributed by atoms with Crippen LogP contribution < -0.4 is 5.32 Å². The van der Waals surface area contributed by atoms with Gasteiger partial charge in [-0.3, -0.25) is 18.9 Å². The number of halogens is 1. The number of hydrogen-bond donors (Lipinski definition) is 3. The number of fused-ring (bicyclic) bond motifs is 2. The summed E-state index contributed by atoms with van der Waals surface area (Å²) >= 11 is 1.14. The molecule has 3 aromatic rings. The number of thiophene rings is 1. The number of carbonyl (C=O) groups excluding carboxylic acids is 3. The lowest BCUT2D eigenvalue weighted by Crippen LogP contribution is -2.57. The van der Waals surface area contributed by atoms with Gasteiger partial charge in [0.15, 0.2) is 0 Å². The van der Waals surface area contributed by atoms with Gasteiger partial charge in [0.2, 0.25) is 17.7 Å². The van der Waals surface area contributed by atoms with E-state index in [9.17, 15) is 38.4 Å². The fourth-order valence-corrected chi connectivity index (χ4v) is 9.31. The van der Waals surface area contributed by atoms with Crippen molar-refractivity contribution in [1.29, 1.82) is 5.26 Å². The molecule has 1 aromatic heterocycles. The second kappa shape index (κ2) is 14.1. The number of nitrogens with one attached hydrogen (secondary N) is 1. The molecule has 3 amide bonds. The highest BCUT2D eigenvalue weighted by Crippen LogP contribution is 2.53. The Balaban J connectivity index is 1.22. The molecule has 0 bridgehead atoms. The number of likely N-dealkylation sites (tertiary alicyclic amines) is 1. The van der Waals surface area contributed by atoms with E-state index in [1.165, 1.54) is 24.3 Å². The molecule has 1 unspecified atom stereocenters. The van der Waals surface area contributed by atoms with Gasteiger partial charge < -0.3 is 24.9 Å². The van der Waals surface area contributed by atoms with E-state index in [4.69, 9.17) is 0 Å². The monoisotopic (exact) mass is 694 g/mol. The zero-order valence-electron chi connectivity index (χ0n) is 26.7. The zero-order chi connectivity index (χ0) is 34.2. The lowest BCUT2D eigenvalue weighted by molar-refractivity contribution is -0.147. The fourth-order valence-electron chi connectivity index (χ4n) is 7.81. The van der Waals surface area contributed by atoms with Crippen LogP contribution in [0.25, 0.3) is 10.1 Å². The molecule has 0 radical (unpaired) electrons. The first-order chi connectivity index (χ1) is 23.0. The Morgan fingerprint density at radius 3 is 2.58 bits per heavy atom. The predicted octanol–water partition coefficient (Wildman–Crippen LogP) is 5.87. The Morgan fingerprint density at radius 1 is 1.10 bits per heavy atom. The minimum absolute atomic E-state index is 0.105. The third-order valence-corrected chi connectivity index (χ3v) is 12.2. The average molecular weight is 695 g/mol. The third-order valence-electron chi connectivity index (χ3n) is 10.2. The molecule has 6 rings (SSSR count). The summed E-state index contributed by atoms with van der Waals surface area (Å²) in [5.74, 6) is -3.48. The first-order valence-electron chi connectivity index (χ1n) is 16.6. The summed E-state index contributed by atoms with van der Waals surface area (Å²) < 4.78 is 26.4. The Kier molecular flexibility index (Phi) is 10.0. The van der Waals surface area contributed by atoms with Crippen molar-refractivity contribution in [3.63, 3.8) is 0 Å². The maximum absolute atomic E-state index is 14.4. The van der Waals surface area contributed by atoms with Crippen LogP contribution in [-0.2, 0) is 14.2 Å². The molecule has 254 valence electrons. The molecule has 2 aromatic carbocycles. The van der Waals surface area contributed by atoms with Crippen molar-refractivity contribution >= 4 is 46.7 Å².